The summed E-state index contributed by atoms with van der Waals surface area (Å²) in [7, 11) is 0. The topological polar surface area (TPSA) is 109 Å². The van der Waals surface area contributed by atoms with Gasteiger partial charge in [0.15, 0.2) is 0 Å². The molecule has 0 spiro atoms. The lowest BCUT2D eigenvalue weighted by Crippen LogP contribution is -1.98. The number of nitro groups is 1. The molecular formula is C16H12N6O2. The van der Waals surface area contributed by atoms with E-state index in [1.54, 1.807) is 6.21 Å². The number of benzene rings is 1. The Balaban J connectivity index is 1.90. The van der Waals surface area contributed by atoms with Crippen LogP contribution in [0.25, 0.3) is 10.9 Å². The zero-order valence-corrected chi connectivity index (χ0v) is 12.5. The van der Waals surface area contributed by atoms with Gasteiger partial charge in [-0.25, -0.2) is 4.98 Å². The zero-order chi connectivity index (χ0) is 16.9. The van der Waals surface area contributed by atoms with Gasteiger partial charge in [-0.1, -0.05) is 18.2 Å². The Morgan fingerprint density at radius 3 is 3.00 bits per heavy atom. The highest BCUT2D eigenvalue weighted by Crippen LogP contribution is 2.21. The van der Waals surface area contributed by atoms with Crippen LogP contribution < -0.4 is 5.43 Å². The van der Waals surface area contributed by atoms with Crippen molar-refractivity contribution in [3.8, 4) is 6.07 Å². The van der Waals surface area contributed by atoms with Gasteiger partial charge in [0.25, 0.3) is 0 Å². The summed E-state index contributed by atoms with van der Waals surface area (Å²) in [4.78, 5) is 14.3. The molecule has 0 bridgehead atoms. The highest BCUT2D eigenvalue weighted by molar-refractivity contribution is 5.99. The molecule has 0 fully saturated rings. The molecule has 118 valence electrons. The van der Waals surface area contributed by atoms with Crippen LogP contribution in [0.1, 0.15) is 5.56 Å². The number of nitrogens with zero attached hydrogens (tertiary/aromatic N) is 5. The molecule has 0 saturated heterocycles. The number of hydrogen-bond donors (Lipinski definition) is 1. The Kier molecular flexibility index (Phi) is 4.16. The van der Waals surface area contributed by atoms with Gasteiger partial charge in [0.1, 0.15) is 6.54 Å². The Morgan fingerprint density at radius 1 is 1.38 bits per heavy atom. The Labute approximate surface area is 136 Å². The van der Waals surface area contributed by atoms with Gasteiger partial charge in [0, 0.05) is 34.9 Å². The summed E-state index contributed by atoms with van der Waals surface area (Å²) < 4.78 is 1.82. The average Bonchev–Trinajstić information content (AvgIpc) is 2.94. The third kappa shape index (κ3) is 2.91. The minimum atomic E-state index is -0.524. The van der Waals surface area contributed by atoms with E-state index >= 15 is 0 Å². The van der Waals surface area contributed by atoms with Gasteiger partial charge in [0.05, 0.1) is 17.2 Å². The van der Waals surface area contributed by atoms with Crippen molar-refractivity contribution in [3.05, 3.63) is 64.5 Å². The molecule has 0 aliphatic rings. The normalized spacial score (nSPS) is 10.8. The predicted molar refractivity (Wildman–Crippen MR) is 89.7 cm³/mol. The maximum atomic E-state index is 10.9. The lowest BCUT2D eigenvalue weighted by Gasteiger charge is -1.99. The van der Waals surface area contributed by atoms with E-state index in [1.165, 1.54) is 18.3 Å². The van der Waals surface area contributed by atoms with Gasteiger partial charge in [-0.05, 0) is 12.1 Å². The summed E-state index contributed by atoms with van der Waals surface area (Å²) in [6.07, 6.45) is 4.81. The van der Waals surface area contributed by atoms with Crippen LogP contribution >= 0.6 is 0 Å². The highest BCUT2D eigenvalue weighted by Gasteiger charge is 2.13. The van der Waals surface area contributed by atoms with Crippen molar-refractivity contribution in [1.82, 2.24) is 9.55 Å². The van der Waals surface area contributed by atoms with E-state index in [4.69, 9.17) is 5.26 Å². The first kappa shape index (κ1) is 15.2. The summed E-state index contributed by atoms with van der Waals surface area (Å²) >= 11 is 0. The zero-order valence-electron chi connectivity index (χ0n) is 12.5. The molecule has 24 heavy (non-hydrogen) atoms. The molecule has 3 rings (SSSR count). The average molecular weight is 320 g/mol. The number of nitriles is 1. The largest absolute Gasteiger partial charge is 0.333 e. The molecule has 8 nitrogen and oxygen atoms in total. The standard InChI is InChI=1S/C16H12N6O2/c17-7-9-21-11-12(13-4-1-2-5-14(13)21)10-19-20-16-15(22(23)24)6-3-8-18-16/h1-6,8,10-11H,9H2,(H,18,20)/b19-10-. The number of hydrazone groups is 1. The number of pyridine rings is 1. The van der Waals surface area contributed by atoms with Crippen LogP contribution in [0.3, 0.4) is 0 Å². The van der Waals surface area contributed by atoms with Crippen molar-refractivity contribution < 1.29 is 4.92 Å². The quantitative estimate of drug-likeness (QED) is 0.441. The molecule has 1 aromatic carbocycles. The van der Waals surface area contributed by atoms with Crippen LogP contribution in [0.4, 0.5) is 11.5 Å². The smallest absolute Gasteiger partial charge is 0.313 e. The van der Waals surface area contributed by atoms with Crippen LogP contribution in [0, 0.1) is 21.4 Å². The van der Waals surface area contributed by atoms with Gasteiger partial charge >= 0.3 is 5.69 Å². The molecule has 0 aliphatic heterocycles. The van der Waals surface area contributed by atoms with Crippen molar-refractivity contribution in [2.75, 3.05) is 5.43 Å². The molecule has 0 aliphatic carbocycles. The molecule has 0 radical (unpaired) electrons. The van der Waals surface area contributed by atoms with Gasteiger partial charge in [-0.2, -0.15) is 10.4 Å². The number of rotatable bonds is 5. The van der Waals surface area contributed by atoms with Crippen molar-refractivity contribution in [1.29, 1.82) is 5.26 Å². The maximum Gasteiger partial charge on any atom is 0.313 e. The fourth-order valence-electron chi connectivity index (χ4n) is 2.38. The van der Waals surface area contributed by atoms with Crippen molar-refractivity contribution >= 4 is 28.6 Å². The monoisotopic (exact) mass is 320 g/mol. The molecule has 0 unspecified atom stereocenters. The minimum Gasteiger partial charge on any atom is -0.333 e. The second-order valence-corrected chi connectivity index (χ2v) is 4.89. The fraction of sp³-hybridized carbons (Fsp3) is 0.0625. The third-order valence-electron chi connectivity index (χ3n) is 3.42. The van der Waals surface area contributed by atoms with E-state index in [-0.39, 0.29) is 18.1 Å². The van der Waals surface area contributed by atoms with Gasteiger partial charge in [-0.15, -0.1) is 0 Å². The van der Waals surface area contributed by atoms with Crippen LogP contribution in [0.2, 0.25) is 0 Å². The maximum absolute atomic E-state index is 10.9. The lowest BCUT2D eigenvalue weighted by molar-refractivity contribution is -0.384. The predicted octanol–water partition coefficient (Wildman–Crippen LogP) is 2.91. The lowest BCUT2D eigenvalue weighted by atomic mass is 10.2. The van der Waals surface area contributed by atoms with E-state index < -0.39 is 4.92 Å². The van der Waals surface area contributed by atoms with E-state index in [0.717, 1.165) is 16.5 Å². The number of nitrogens with one attached hydrogen (secondary N) is 1. The van der Waals surface area contributed by atoms with Crippen molar-refractivity contribution in [2.24, 2.45) is 5.10 Å². The fourth-order valence-corrected chi connectivity index (χ4v) is 2.38. The van der Waals surface area contributed by atoms with Gasteiger partial charge in [-0.3, -0.25) is 15.5 Å². The highest BCUT2D eigenvalue weighted by atomic mass is 16.6. The summed E-state index contributed by atoms with van der Waals surface area (Å²) in [6.45, 7) is 0.230. The van der Waals surface area contributed by atoms with E-state index in [2.05, 4.69) is 21.6 Å². The van der Waals surface area contributed by atoms with Crippen LogP contribution in [-0.4, -0.2) is 20.7 Å². The molecular weight excluding hydrogens is 308 g/mol. The number of hydrogen-bond acceptors (Lipinski definition) is 6. The van der Waals surface area contributed by atoms with Gasteiger partial charge in [0.2, 0.25) is 5.82 Å². The molecule has 2 heterocycles. The van der Waals surface area contributed by atoms with Crippen LogP contribution in [0.5, 0.6) is 0 Å². The van der Waals surface area contributed by atoms with E-state index in [1.807, 2.05) is 35.0 Å². The number of fused-ring (bicyclic) bond motifs is 1. The Bertz CT molecular complexity index is 970. The minimum absolute atomic E-state index is 0.0690. The summed E-state index contributed by atoms with van der Waals surface area (Å²) in [5, 5.41) is 24.8. The molecule has 1 N–H and O–H groups in total. The first-order valence-corrected chi connectivity index (χ1v) is 7.04. The number of anilines is 1. The number of aromatic nitrogens is 2. The molecule has 8 heteroatoms. The Morgan fingerprint density at radius 2 is 2.21 bits per heavy atom. The van der Waals surface area contributed by atoms with Crippen molar-refractivity contribution in [2.45, 2.75) is 6.54 Å². The first-order chi connectivity index (χ1) is 11.7. The van der Waals surface area contributed by atoms with Gasteiger partial charge < -0.3 is 4.57 Å². The van der Waals surface area contributed by atoms with Crippen LogP contribution in [0.15, 0.2) is 53.9 Å². The molecule has 3 aromatic rings. The number of para-hydroxylation sites is 1. The second-order valence-electron chi connectivity index (χ2n) is 4.89. The van der Waals surface area contributed by atoms with E-state index in [0.29, 0.717) is 0 Å². The summed E-state index contributed by atoms with van der Waals surface area (Å²) in [5.74, 6) is 0.0690. The molecule has 2 aromatic heterocycles. The molecule has 0 saturated carbocycles. The SMILES string of the molecule is N#CCn1cc(/C=N\Nc2ncccc2[N+](=O)[O-])c2ccccc21. The molecule has 0 amide bonds. The third-order valence-corrected chi connectivity index (χ3v) is 3.42. The van der Waals surface area contributed by atoms with E-state index in [9.17, 15) is 10.1 Å². The Hall–Kier alpha value is -3.73. The summed E-state index contributed by atoms with van der Waals surface area (Å²) in [5.41, 5.74) is 4.16. The second kappa shape index (κ2) is 6.58. The van der Waals surface area contributed by atoms with Crippen molar-refractivity contribution in [3.63, 3.8) is 0 Å². The first-order valence-electron chi connectivity index (χ1n) is 7.04. The molecule has 0 atom stereocenters. The summed E-state index contributed by atoms with van der Waals surface area (Å²) in [6, 6.07) is 12.6. The van der Waals surface area contributed by atoms with Crippen LogP contribution in [-0.2, 0) is 6.54 Å².